The van der Waals surface area contributed by atoms with E-state index < -0.39 is 12.5 Å². The second-order valence-corrected chi connectivity index (χ2v) is 5.08. The third kappa shape index (κ3) is 5.73. The zero-order chi connectivity index (χ0) is 18.9. The molecule has 0 atom stereocenters. The molecule has 0 radical (unpaired) electrons. The van der Waals surface area contributed by atoms with Gasteiger partial charge in [-0.25, -0.2) is 5.43 Å². The minimum absolute atomic E-state index is 0.0119. The molecule has 26 heavy (non-hydrogen) atoms. The molecule has 138 valence electrons. The number of para-hydroxylation sites is 2. The molecule has 0 saturated heterocycles. The van der Waals surface area contributed by atoms with Gasteiger partial charge in [-0.3, -0.25) is 4.79 Å². The van der Waals surface area contributed by atoms with Crippen LogP contribution in [-0.2, 0) is 4.79 Å². The van der Waals surface area contributed by atoms with Crippen LogP contribution in [0.1, 0.15) is 12.5 Å². The molecule has 0 spiro atoms. The Labute approximate surface area is 149 Å². The predicted molar refractivity (Wildman–Crippen MR) is 91.9 cm³/mol. The SMILES string of the molecule is COc1ccccc1OCC(=O)N/N=C(/C)c1cccc(OC(F)F)c1. The summed E-state index contributed by atoms with van der Waals surface area (Å²) in [7, 11) is 1.50. The second kappa shape index (κ2) is 9.36. The molecule has 0 aliphatic rings. The zero-order valence-electron chi connectivity index (χ0n) is 14.2. The number of methoxy groups -OCH3 is 1. The van der Waals surface area contributed by atoms with E-state index in [0.29, 0.717) is 22.8 Å². The van der Waals surface area contributed by atoms with Crippen LogP contribution < -0.4 is 19.6 Å². The van der Waals surface area contributed by atoms with Gasteiger partial charge >= 0.3 is 6.61 Å². The average molecular weight is 364 g/mol. The van der Waals surface area contributed by atoms with Crippen molar-refractivity contribution in [2.24, 2.45) is 5.10 Å². The molecule has 0 aliphatic heterocycles. The van der Waals surface area contributed by atoms with E-state index in [2.05, 4.69) is 15.3 Å². The average Bonchev–Trinajstić information content (AvgIpc) is 2.64. The van der Waals surface area contributed by atoms with Crippen LogP contribution in [0, 0.1) is 0 Å². The molecule has 0 heterocycles. The van der Waals surface area contributed by atoms with Gasteiger partial charge in [0, 0.05) is 5.56 Å². The van der Waals surface area contributed by atoms with Gasteiger partial charge in [0.1, 0.15) is 5.75 Å². The summed E-state index contributed by atoms with van der Waals surface area (Å²) in [5.74, 6) is 0.478. The first-order valence-electron chi connectivity index (χ1n) is 7.64. The number of amides is 1. The standard InChI is InChI=1S/C18H18F2N2O4/c1-12(13-6-5-7-14(10-13)26-18(19)20)21-22-17(23)11-25-16-9-4-3-8-15(16)24-2/h3-10,18H,11H2,1-2H3,(H,22,23)/b21-12-. The second-order valence-electron chi connectivity index (χ2n) is 5.08. The number of hydrogen-bond acceptors (Lipinski definition) is 5. The molecular weight excluding hydrogens is 346 g/mol. The van der Waals surface area contributed by atoms with E-state index in [0.717, 1.165) is 0 Å². The third-order valence-electron chi connectivity index (χ3n) is 3.25. The van der Waals surface area contributed by atoms with Crippen LogP contribution in [0.2, 0.25) is 0 Å². The molecule has 8 heteroatoms. The molecule has 2 aromatic rings. The maximum atomic E-state index is 12.3. The van der Waals surface area contributed by atoms with E-state index in [-0.39, 0.29) is 12.4 Å². The first-order chi connectivity index (χ1) is 12.5. The number of halogens is 2. The molecule has 2 aromatic carbocycles. The lowest BCUT2D eigenvalue weighted by Gasteiger charge is -2.09. The first-order valence-corrected chi connectivity index (χ1v) is 7.64. The van der Waals surface area contributed by atoms with E-state index in [4.69, 9.17) is 9.47 Å². The highest BCUT2D eigenvalue weighted by molar-refractivity contribution is 5.99. The van der Waals surface area contributed by atoms with Crippen molar-refractivity contribution in [1.29, 1.82) is 0 Å². The Bertz CT molecular complexity index is 781. The largest absolute Gasteiger partial charge is 0.493 e. The number of carbonyl (C=O) groups is 1. The summed E-state index contributed by atoms with van der Waals surface area (Å²) in [4.78, 5) is 11.9. The molecular formula is C18H18F2N2O4. The smallest absolute Gasteiger partial charge is 0.387 e. The van der Waals surface area contributed by atoms with Crippen LogP contribution in [-0.4, -0.2) is 31.9 Å². The Kier molecular flexibility index (Phi) is 6.90. The van der Waals surface area contributed by atoms with Crippen molar-refractivity contribution >= 4 is 11.6 Å². The van der Waals surface area contributed by atoms with E-state index in [1.54, 1.807) is 43.3 Å². The number of nitrogens with one attached hydrogen (secondary N) is 1. The summed E-state index contributed by atoms with van der Waals surface area (Å²) in [6.45, 7) is -1.54. The molecule has 0 fully saturated rings. The van der Waals surface area contributed by atoms with Gasteiger partial charge in [-0.15, -0.1) is 0 Å². The number of hydrazone groups is 1. The maximum absolute atomic E-state index is 12.3. The zero-order valence-corrected chi connectivity index (χ0v) is 14.2. The van der Waals surface area contributed by atoms with E-state index in [1.165, 1.54) is 19.2 Å². The molecule has 2 rings (SSSR count). The monoisotopic (exact) mass is 364 g/mol. The predicted octanol–water partition coefficient (Wildman–Crippen LogP) is 3.22. The summed E-state index contributed by atoms with van der Waals surface area (Å²) >= 11 is 0. The van der Waals surface area contributed by atoms with Crippen molar-refractivity contribution in [3.05, 3.63) is 54.1 Å². The van der Waals surface area contributed by atoms with Crippen molar-refractivity contribution in [2.45, 2.75) is 13.5 Å². The van der Waals surface area contributed by atoms with Crippen molar-refractivity contribution in [1.82, 2.24) is 5.43 Å². The highest BCUT2D eigenvalue weighted by atomic mass is 19.3. The van der Waals surface area contributed by atoms with E-state index >= 15 is 0 Å². The molecule has 0 saturated carbocycles. The Hall–Kier alpha value is -3.16. The Morgan fingerprint density at radius 2 is 1.88 bits per heavy atom. The van der Waals surface area contributed by atoms with Crippen LogP contribution >= 0.6 is 0 Å². The lowest BCUT2D eigenvalue weighted by atomic mass is 10.1. The molecule has 0 unspecified atom stereocenters. The molecule has 0 aromatic heterocycles. The fraction of sp³-hybridized carbons (Fsp3) is 0.222. The van der Waals surface area contributed by atoms with Crippen LogP contribution in [0.4, 0.5) is 8.78 Å². The first kappa shape index (κ1) is 19.2. The number of hydrogen-bond donors (Lipinski definition) is 1. The molecule has 1 N–H and O–H groups in total. The third-order valence-corrected chi connectivity index (χ3v) is 3.25. The number of rotatable bonds is 8. The number of alkyl halides is 2. The summed E-state index contributed by atoms with van der Waals surface area (Å²) < 4.78 is 39.3. The quantitative estimate of drug-likeness (QED) is 0.577. The van der Waals surface area contributed by atoms with Gasteiger partial charge in [-0.1, -0.05) is 24.3 Å². The normalized spacial score (nSPS) is 11.2. The highest BCUT2D eigenvalue weighted by Crippen LogP contribution is 2.25. The molecule has 0 bridgehead atoms. The van der Waals surface area contributed by atoms with Gasteiger partial charge in [-0.05, 0) is 31.2 Å². The van der Waals surface area contributed by atoms with Gasteiger partial charge in [0.2, 0.25) is 0 Å². The summed E-state index contributed by atoms with van der Waals surface area (Å²) in [6, 6.07) is 13.0. The van der Waals surface area contributed by atoms with Gasteiger partial charge in [0.05, 0.1) is 12.8 Å². The number of nitrogens with zero attached hydrogens (tertiary/aromatic N) is 1. The summed E-state index contributed by atoms with van der Waals surface area (Å²) in [5.41, 5.74) is 3.31. The Balaban J connectivity index is 1.92. The van der Waals surface area contributed by atoms with Gasteiger partial charge in [0.25, 0.3) is 5.91 Å². The summed E-state index contributed by atoms with van der Waals surface area (Å²) in [6.07, 6.45) is 0. The van der Waals surface area contributed by atoms with Crippen molar-refractivity contribution in [3.8, 4) is 17.2 Å². The van der Waals surface area contributed by atoms with Crippen molar-refractivity contribution < 1.29 is 27.8 Å². The highest BCUT2D eigenvalue weighted by Gasteiger charge is 2.08. The summed E-state index contributed by atoms with van der Waals surface area (Å²) in [5, 5.41) is 3.93. The van der Waals surface area contributed by atoms with Gasteiger partial charge in [-0.2, -0.15) is 13.9 Å². The minimum atomic E-state index is -2.91. The van der Waals surface area contributed by atoms with Crippen LogP contribution in [0.25, 0.3) is 0 Å². The van der Waals surface area contributed by atoms with E-state index in [9.17, 15) is 13.6 Å². The number of ether oxygens (including phenoxy) is 3. The number of benzene rings is 2. The molecule has 1 amide bonds. The lowest BCUT2D eigenvalue weighted by molar-refractivity contribution is -0.123. The minimum Gasteiger partial charge on any atom is -0.493 e. The Morgan fingerprint density at radius 3 is 2.58 bits per heavy atom. The van der Waals surface area contributed by atoms with Crippen molar-refractivity contribution in [3.63, 3.8) is 0 Å². The van der Waals surface area contributed by atoms with Crippen LogP contribution in [0.5, 0.6) is 17.2 Å². The van der Waals surface area contributed by atoms with Crippen molar-refractivity contribution in [2.75, 3.05) is 13.7 Å². The lowest BCUT2D eigenvalue weighted by Crippen LogP contribution is -2.25. The fourth-order valence-corrected chi connectivity index (χ4v) is 2.02. The molecule has 0 aliphatic carbocycles. The van der Waals surface area contributed by atoms with E-state index in [1.807, 2.05) is 0 Å². The topological polar surface area (TPSA) is 69.2 Å². The fourth-order valence-electron chi connectivity index (χ4n) is 2.02. The Morgan fingerprint density at radius 1 is 1.15 bits per heavy atom. The van der Waals surface area contributed by atoms with Crippen LogP contribution in [0.15, 0.2) is 53.6 Å². The number of carbonyl (C=O) groups excluding carboxylic acids is 1. The van der Waals surface area contributed by atoms with Gasteiger partial charge < -0.3 is 14.2 Å². The molecule has 6 nitrogen and oxygen atoms in total. The maximum Gasteiger partial charge on any atom is 0.387 e. The van der Waals surface area contributed by atoms with Crippen LogP contribution in [0.3, 0.4) is 0 Å². The van der Waals surface area contributed by atoms with Gasteiger partial charge in [0.15, 0.2) is 18.1 Å².